The summed E-state index contributed by atoms with van der Waals surface area (Å²) in [4.78, 5) is 42.8. The normalized spacial score (nSPS) is 12.9. The summed E-state index contributed by atoms with van der Waals surface area (Å²) in [5, 5.41) is 0. The monoisotopic (exact) mass is 739 g/mol. The number of hydrogen-bond acceptors (Lipinski definition) is 6. The van der Waals surface area contributed by atoms with Crippen molar-refractivity contribution in [3.05, 3.63) is 48.6 Å². The zero-order chi connectivity index (χ0) is 37.5. The molecule has 8 nitrogen and oxygen atoms in total. The zero-order valence-corrected chi connectivity index (χ0v) is 33.4. The Labute approximate surface area is 312 Å². The van der Waals surface area contributed by atoms with Crippen LogP contribution in [-0.2, 0) is 28.2 Å². The van der Waals surface area contributed by atoms with Gasteiger partial charge < -0.3 is 19.3 Å². The molecule has 0 fully saturated rings. The molecule has 2 N–H and O–H groups in total. The molecule has 1 atom stereocenters. The summed E-state index contributed by atoms with van der Waals surface area (Å²) in [7, 11) is -4.76. The van der Waals surface area contributed by atoms with Gasteiger partial charge in [-0.2, -0.15) is 0 Å². The van der Waals surface area contributed by atoms with E-state index in [1.54, 1.807) is 0 Å². The van der Waals surface area contributed by atoms with Crippen LogP contribution in [-0.4, -0.2) is 41.0 Å². The van der Waals surface area contributed by atoms with Crippen LogP contribution in [0.1, 0.15) is 187 Å². The second-order valence-corrected chi connectivity index (χ2v) is 14.8. The molecule has 0 aliphatic rings. The molecule has 0 unspecified atom stereocenters. The highest BCUT2D eigenvalue weighted by Gasteiger charge is 2.22. The van der Waals surface area contributed by atoms with Crippen LogP contribution in [0.5, 0.6) is 0 Å². The van der Waals surface area contributed by atoms with Crippen LogP contribution in [0.2, 0.25) is 0 Å². The van der Waals surface area contributed by atoms with Gasteiger partial charge in [0.1, 0.15) is 6.61 Å². The number of unbranched alkanes of at least 4 members (excludes halogenated alkanes) is 19. The third-order valence-electron chi connectivity index (χ3n) is 8.61. The van der Waals surface area contributed by atoms with Crippen molar-refractivity contribution in [1.29, 1.82) is 0 Å². The smallest absolute Gasteiger partial charge is 0.462 e. The lowest BCUT2D eigenvalue weighted by molar-refractivity contribution is -0.161. The molecule has 0 amide bonds. The molecule has 9 heteroatoms. The first kappa shape index (κ1) is 49.0. The maximum Gasteiger partial charge on any atom is 0.469 e. The molecule has 0 aromatic carbocycles. The molecular weight excluding hydrogens is 663 g/mol. The Hall–Kier alpha value is -1.99. The molecule has 0 bridgehead atoms. The van der Waals surface area contributed by atoms with Crippen LogP contribution >= 0.6 is 7.82 Å². The summed E-state index contributed by atoms with van der Waals surface area (Å²) in [6, 6.07) is 0. The predicted octanol–water partition coefficient (Wildman–Crippen LogP) is 12.3. The average molecular weight is 739 g/mol. The van der Waals surface area contributed by atoms with Crippen molar-refractivity contribution < 1.29 is 37.9 Å². The van der Waals surface area contributed by atoms with E-state index in [9.17, 15) is 14.2 Å². The maximum atomic E-state index is 12.4. The lowest BCUT2D eigenvalue weighted by Gasteiger charge is -2.18. The summed E-state index contributed by atoms with van der Waals surface area (Å²) in [6.45, 7) is 3.54. The highest BCUT2D eigenvalue weighted by Crippen LogP contribution is 2.36. The van der Waals surface area contributed by atoms with Gasteiger partial charge in [-0.25, -0.2) is 4.57 Å². The van der Waals surface area contributed by atoms with E-state index in [4.69, 9.17) is 19.3 Å². The van der Waals surface area contributed by atoms with E-state index >= 15 is 0 Å². The molecule has 0 radical (unpaired) electrons. The number of esters is 2. The molecule has 51 heavy (non-hydrogen) atoms. The number of carbonyl (C=O) groups excluding carboxylic acids is 2. The van der Waals surface area contributed by atoms with Crippen LogP contribution in [0, 0.1) is 0 Å². The Morgan fingerprint density at radius 2 is 0.941 bits per heavy atom. The number of allylic oxidation sites excluding steroid dienone is 8. The van der Waals surface area contributed by atoms with Gasteiger partial charge in [0.15, 0.2) is 6.10 Å². The maximum absolute atomic E-state index is 12.4. The fourth-order valence-electron chi connectivity index (χ4n) is 5.60. The number of phosphoric acid groups is 1. The fraction of sp³-hybridized carbons (Fsp3) is 0.762. The van der Waals surface area contributed by atoms with Gasteiger partial charge in [0, 0.05) is 12.8 Å². The van der Waals surface area contributed by atoms with E-state index in [-0.39, 0.29) is 19.4 Å². The summed E-state index contributed by atoms with van der Waals surface area (Å²) < 4.78 is 26.3. The lowest BCUT2D eigenvalue weighted by Crippen LogP contribution is -2.29. The highest BCUT2D eigenvalue weighted by molar-refractivity contribution is 7.46. The zero-order valence-electron chi connectivity index (χ0n) is 32.5. The van der Waals surface area contributed by atoms with Crippen LogP contribution < -0.4 is 0 Å². The summed E-state index contributed by atoms with van der Waals surface area (Å²) in [5.74, 6) is -0.930. The third-order valence-corrected chi connectivity index (χ3v) is 9.10. The fourth-order valence-corrected chi connectivity index (χ4v) is 5.96. The molecule has 0 aliphatic carbocycles. The van der Waals surface area contributed by atoms with Gasteiger partial charge in [-0.15, -0.1) is 0 Å². The highest BCUT2D eigenvalue weighted by atomic mass is 31.2. The van der Waals surface area contributed by atoms with Gasteiger partial charge in [-0.1, -0.05) is 172 Å². The number of ether oxygens (including phenoxy) is 2. The van der Waals surface area contributed by atoms with Crippen molar-refractivity contribution in [2.45, 2.75) is 193 Å². The first-order chi connectivity index (χ1) is 24.8. The van der Waals surface area contributed by atoms with Crippen LogP contribution in [0.4, 0.5) is 0 Å². The standard InChI is InChI=1S/C42H75O8P/c1-3-5-7-9-11-13-15-17-19-20-21-23-25-27-29-31-33-35-37-42(44)50-40(39-49-51(45,46)47)38-48-41(43)36-34-32-30-28-26-24-22-18-16-14-12-10-8-6-4-2/h6,8,12,14,18,22,26,28,40H,3-5,7,9-11,13,15-17,19-21,23-25,27,29-39H2,1-2H3,(H2,45,46,47)/b8-6-,14-12-,22-18-,28-26-/t40-/m1/s1. The molecule has 0 aromatic rings. The second-order valence-electron chi connectivity index (χ2n) is 13.6. The first-order valence-corrected chi connectivity index (χ1v) is 22.0. The van der Waals surface area contributed by atoms with Crippen molar-refractivity contribution in [3.8, 4) is 0 Å². The molecular formula is C42H75O8P. The van der Waals surface area contributed by atoms with Gasteiger partial charge in [0.2, 0.25) is 0 Å². The van der Waals surface area contributed by atoms with Crippen molar-refractivity contribution in [3.63, 3.8) is 0 Å². The van der Waals surface area contributed by atoms with Crippen LogP contribution in [0.3, 0.4) is 0 Å². The SMILES string of the molecule is CC/C=C\C/C=C\C/C=C\C/C=C\CCCCC(=O)OC[C@H](COP(=O)(O)O)OC(=O)CCCCCCCCCCCCCCCCCCCC. The van der Waals surface area contributed by atoms with E-state index in [0.29, 0.717) is 12.8 Å². The minimum atomic E-state index is -4.76. The Kier molecular flexibility index (Phi) is 36.3. The van der Waals surface area contributed by atoms with Crippen LogP contribution in [0.15, 0.2) is 48.6 Å². The quantitative estimate of drug-likeness (QED) is 0.0280. The predicted molar refractivity (Wildman–Crippen MR) is 211 cm³/mol. The average Bonchev–Trinajstić information content (AvgIpc) is 3.10. The van der Waals surface area contributed by atoms with E-state index in [1.165, 1.54) is 89.9 Å². The Morgan fingerprint density at radius 1 is 0.529 bits per heavy atom. The Morgan fingerprint density at radius 3 is 1.41 bits per heavy atom. The number of rotatable bonds is 37. The second kappa shape index (κ2) is 37.8. The molecule has 0 spiro atoms. The first-order valence-electron chi connectivity index (χ1n) is 20.4. The van der Waals surface area contributed by atoms with E-state index in [2.05, 4.69) is 67.0 Å². The third kappa shape index (κ3) is 40.6. The topological polar surface area (TPSA) is 119 Å². The largest absolute Gasteiger partial charge is 0.469 e. The van der Waals surface area contributed by atoms with Crippen molar-refractivity contribution in [1.82, 2.24) is 0 Å². The van der Waals surface area contributed by atoms with Crippen LogP contribution in [0.25, 0.3) is 0 Å². The van der Waals surface area contributed by atoms with E-state index in [1.807, 2.05) is 0 Å². The molecule has 0 saturated heterocycles. The molecule has 0 saturated carbocycles. The van der Waals surface area contributed by atoms with Gasteiger partial charge in [-0.05, 0) is 51.4 Å². The van der Waals surface area contributed by atoms with Crippen molar-refractivity contribution in [2.75, 3.05) is 13.2 Å². The summed E-state index contributed by atoms with van der Waals surface area (Å²) >= 11 is 0. The van der Waals surface area contributed by atoms with Crippen molar-refractivity contribution in [2.24, 2.45) is 0 Å². The van der Waals surface area contributed by atoms with Crippen molar-refractivity contribution >= 4 is 19.8 Å². The number of carbonyl (C=O) groups is 2. The lowest BCUT2D eigenvalue weighted by atomic mass is 10.0. The van der Waals surface area contributed by atoms with Gasteiger partial charge in [0.25, 0.3) is 0 Å². The minimum absolute atomic E-state index is 0.205. The summed E-state index contributed by atoms with van der Waals surface area (Å²) in [6.07, 6.45) is 45.5. The molecule has 0 heterocycles. The molecule has 0 aromatic heterocycles. The van der Waals surface area contributed by atoms with Gasteiger partial charge >= 0.3 is 19.8 Å². The summed E-state index contributed by atoms with van der Waals surface area (Å²) in [5.41, 5.74) is 0. The Bertz CT molecular complexity index is 968. The van der Waals surface area contributed by atoms with Gasteiger partial charge in [0.05, 0.1) is 6.61 Å². The van der Waals surface area contributed by atoms with Gasteiger partial charge in [-0.3, -0.25) is 14.1 Å². The number of hydrogen-bond donors (Lipinski definition) is 2. The molecule has 296 valence electrons. The molecule has 0 aliphatic heterocycles. The molecule has 0 rings (SSSR count). The minimum Gasteiger partial charge on any atom is -0.462 e. The number of phosphoric ester groups is 1. The Balaban J connectivity index is 3.96. The van der Waals surface area contributed by atoms with E-state index in [0.717, 1.165) is 57.8 Å². The van der Waals surface area contributed by atoms with E-state index < -0.39 is 32.5 Å².